The van der Waals surface area contributed by atoms with Crippen molar-refractivity contribution in [2.75, 3.05) is 6.54 Å². The van der Waals surface area contributed by atoms with Crippen LogP contribution in [-0.4, -0.2) is 32.3 Å². The van der Waals surface area contributed by atoms with Crippen molar-refractivity contribution in [2.45, 2.75) is 6.42 Å². The van der Waals surface area contributed by atoms with Crippen molar-refractivity contribution in [1.82, 2.24) is 25.1 Å². The highest BCUT2D eigenvalue weighted by Crippen LogP contribution is 2.17. The van der Waals surface area contributed by atoms with E-state index in [9.17, 15) is 4.79 Å². The van der Waals surface area contributed by atoms with Crippen LogP contribution in [0.4, 0.5) is 0 Å². The summed E-state index contributed by atoms with van der Waals surface area (Å²) in [6.45, 7) is 0.536. The van der Waals surface area contributed by atoms with Crippen LogP contribution in [0.5, 0.6) is 0 Å². The van der Waals surface area contributed by atoms with Gasteiger partial charge in [0.15, 0.2) is 11.5 Å². The molecular weight excluding hydrogens is 362 g/mol. The quantitative estimate of drug-likeness (QED) is 0.541. The molecule has 0 aliphatic carbocycles. The van der Waals surface area contributed by atoms with Gasteiger partial charge in [-0.05, 0) is 30.2 Å². The summed E-state index contributed by atoms with van der Waals surface area (Å²) in [5.74, 6) is 0.310. The molecule has 0 saturated carbocycles. The van der Waals surface area contributed by atoms with Crippen molar-refractivity contribution < 1.29 is 4.79 Å². The third-order valence-corrected chi connectivity index (χ3v) is 4.44. The fourth-order valence-electron chi connectivity index (χ4n) is 2.80. The molecule has 0 atom stereocenters. The van der Waals surface area contributed by atoms with Crippen molar-refractivity contribution in [3.05, 3.63) is 77.2 Å². The van der Waals surface area contributed by atoms with Gasteiger partial charge in [0.2, 0.25) is 5.91 Å². The number of benzene rings is 2. The van der Waals surface area contributed by atoms with Crippen LogP contribution in [0.2, 0.25) is 5.02 Å². The Morgan fingerprint density at radius 3 is 2.78 bits per heavy atom. The molecule has 0 unspecified atom stereocenters. The van der Waals surface area contributed by atoms with Gasteiger partial charge in [-0.25, -0.2) is 0 Å². The van der Waals surface area contributed by atoms with Gasteiger partial charge in [0, 0.05) is 28.4 Å². The van der Waals surface area contributed by atoms with Crippen LogP contribution >= 0.6 is 11.6 Å². The summed E-state index contributed by atoms with van der Waals surface area (Å²) in [7, 11) is 0. The summed E-state index contributed by atoms with van der Waals surface area (Å²) < 4.78 is 1.62. The Bertz CT molecular complexity index is 1130. The van der Waals surface area contributed by atoms with Crippen LogP contribution in [0, 0.1) is 0 Å². The van der Waals surface area contributed by atoms with E-state index in [1.54, 1.807) is 16.8 Å². The molecule has 1 amide bonds. The van der Waals surface area contributed by atoms with Crippen LogP contribution in [0.1, 0.15) is 11.4 Å². The second-order valence-corrected chi connectivity index (χ2v) is 6.46. The minimum atomic E-state index is -0.193. The first-order valence-electron chi connectivity index (χ1n) is 8.50. The van der Waals surface area contributed by atoms with E-state index >= 15 is 0 Å². The molecule has 4 rings (SSSR count). The van der Waals surface area contributed by atoms with E-state index in [2.05, 4.69) is 20.6 Å². The molecule has 2 aromatic carbocycles. The smallest absolute Gasteiger partial charge is 0.244 e. The molecule has 6 nitrogen and oxygen atoms in total. The Labute approximate surface area is 160 Å². The lowest BCUT2D eigenvalue weighted by Gasteiger charge is -2.03. The number of rotatable bonds is 5. The Kier molecular flexibility index (Phi) is 4.80. The lowest BCUT2D eigenvalue weighted by atomic mass is 10.1. The topological polar surface area (TPSA) is 72.2 Å². The lowest BCUT2D eigenvalue weighted by Crippen LogP contribution is -2.23. The van der Waals surface area contributed by atoms with Crippen molar-refractivity contribution in [2.24, 2.45) is 0 Å². The Balaban J connectivity index is 1.42. The Morgan fingerprint density at radius 1 is 1.11 bits per heavy atom. The summed E-state index contributed by atoms with van der Waals surface area (Å²) in [5.41, 5.74) is 1.78. The fraction of sp³-hybridized carbons (Fsp3) is 0.100. The highest BCUT2D eigenvalue weighted by atomic mass is 35.5. The van der Waals surface area contributed by atoms with Crippen molar-refractivity contribution in [3.8, 4) is 0 Å². The number of aromatic nitrogens is 4. The maximum Gasteiger partial charge on any atom is 0.244 e. The maximum absolute atomic E-state index is 12.0. The van der Waals surface area contributed by atoms with Gasteiger partial charge in [0.1, 0.15) is 0 Å². The monoisotopic (exact) mass is 377 g/mol. The molecule has 4 aromatic rings. The molecule has 1 N–H and O–H groups in total. The SMILES string of the molecule is O=C(/C=C/c1nnc2c3ccccc3cnn12)NCCc1ccc(Cl)cc1. The summed E-state index contributed by atoms with van der Waals surface area (Å²) in [6, 6.07) is 15.4. The second-order valence-electron chi connectivity index (χ2n) is 6.03. The van der Waals surface area contributed by atoms with E-state index < -0.39 is 0 Å². The molecule has 0 spiro atoms. The van der Waals surface area contributed by atoms with Crippen LogP contribution in [0.15, 0.2) is 60.8 Å². The number of carbonyl (C=O) groups is 1. The van der Waals surface area contributed by atoms with E-state index in [0.717, 1.165) is 22.8 Å². The molecule has 0 bridgehead atoms. The predicted molar refractivity (Wildman–Crippen MR) is 105 cm³/mol. The molecule has 7 heteroatoms. The van der Waals surface area contributed by atoms with E-state index in [1.807, 2.05) is 48.5 Å². The third kappa shape index (κ3) is 3.80. The molecule has 2 aromatic heterocycles. The van der Waals surface area contributed by atoms with Crippen LogP contribution in [0.25, 0.3) is 22.5 Å². The molecule has 2 heterocycles. The standard InChI is InChI=1S/C20H16ClN5O/c21-16-7-5-14(6-8-16)11-12-22-19(27)10-9-18-24-25-20-17-4-2-1-3-15(17)13-23-26(18)20/h1-10,13H,11-12H2,(H,22,27)/b10-9+. The Hall–Kier alpha value is -3.25. The number of hydrogen-bond acceptors (Lipinski definition) is 4. The van der Waals surface area contributed by atoms with E-state index in [4.69, 9.17) is 11.6 Å². The zero-order chi connectivity index (χ0) is 18.6. The highest BCUT2D eigenvalue weighted by Gasteiger charge is 2.08. The molecule has 0 fully saturated rings. The molecule has 0 aliphatic heterocycles. The lowest BCUT2D eigenvalue weighted by molar-refractivity contribution is -0.116. The Morgan fingerprint density at radius 2 is 1.93 bits per heavy atom. The fourth-order valence-corrected chi connectivity index (χ4v) is 2.93. The van der Waals surface area contributed by atoms with Crippen LogP contribution < -0.4 is 5.32 Å². The van der Waals surface area contributed by atoms with E-state index in [-0.39, 0.29) is 5.91 Å². The number of carbonyl (C=O) groups excluding carboxylic acids is 1. The molecule has 27 heavy (non-hydrogen) atoms. The number of halogens is 1. The second kappa shape index (κ2) is 7.55. The minimum absolute atomic E-state index is 0.193. The largest absolute Gasteiger partial charge is 0.352 e. The zero-order valence-electron chi connectivity index (χ0n) is 14.3. The number of nitrogens with zero attached hydrogens (tertiary/aromatic N) is 4. The summed E-state index contributed by atoms with van der Waals surface area (Å²) in [4.78, 5) is 12.0. The zero-order valence-corrected chi connectivity index (χ0v) is 15.1. The average molecular weight is 378 g/mol. The van der Waals surface area contributed by atoms with Gasteiger partial charge in [0.25, 0.3) is 0 Å². The third-order valence-electron chi connectivity index (χ3n) is 4.19. The molecular formula is C20H16ClN5O. The first-order valence-corrected chi connectivity index (χ1v) is 8.88. The summed E-state index contributed by atoms with van der Waals surface area (Å²) in [6.07, 6.45) is 5.54. The van der Waals surface area contributed by atoms with E-state index in [0.29, 0.717) is 23.0 Å². The van der Waals surface area contributed by atoms with Gasteiger partial charge in [-0.2, -0.15) is 9.61 Å². The van der Waals surface area contributed by atoms with Crippen LogP contribution in [-0.2, 0) is 11.2 Å². The predicted octanol–water partition coefficient (Wildman–Crippen LogP) is 3.30. The molecule has 134 valence electrons. The van der Waals surface area contributed by atoms with Gasteiger partial charge < -0.3 is 5.32 Å². The van der Waals surface area contributed by atoms with Gasteiger partial charge in [-0.15, -0.1) is 10.2 Å². The van der Waals surface area contributed by atoms with Crippen molar-refractivity contribution in [3.63, 3.8) is 0 Å². The normalized spacial score (nSPS) is 11.4. The van der Waals surface area contributed by atoms with E-state index in [1.165, 1.54) is 6.08 Å². The van der Waals surface area contributed by atoms with Crippen molar-refractivity contribution in [1.29, 1.82) is 0 Å². The molecule has 0 saturated heterocycles. The number of amides is 1. The van der Waals surface area contributed by atoms with Gasteiger partial charge in [-0.1, -0.05) is 48.0 Å². The first-order chi connectivity index (χ1) is 13.2. The maximum atomic E-state index is 12.0. The first kappa shape index (κ1) is 17.2. The number of nitrogens with one attached hydrogen (secondary N) is 1. The van der Waals surface area contributed by atoms with Gasteiger partial charge in [0.05, 0.1) is 6.20 Å². The number of fused-ring (bicyclic) bond motifs is 3. The van der Waals surface area contributed by atoms with Gasteiger partial charge in [-0.3, -0.25) is 4.79 Å². The van der Waals surface area contributed by atoms with Gasteiger partial charge >= 0.3 is 0 Å². The average Bonchev–Trinajstić information content (AvgIpc) is 3.11. The minimum Gasteiger partial charge on any atom is -0.352 e. The molecule has 0 aliphatic rings. The van der Waals surface area contributed by atoms with Crippen LogP contribution in [0.3, 0.4) is 0 Å². The summed E-state index contributed by atoms with van der Waals surface area (Å²) in [5, 5.41) is 18.2. The van der Waals surface area contributed by atoms with Crippen molar-refractivity contribution >= 4 is 40.0 Å². The highest BCUT2D eigenvalue weighted by molar-refractivity contribution is 6.30. The molecule has 0 radical (unpaired) electrons. The number of hydrogen-bond donors (Lipinski definition) is 1. The summed E-state index contributed by atoms with van der Waals surface area (Å²) >= 11 is 5.86.